The Morgan fingerprint density at radius 1 is 1.06 bits per heavy atom. The average molecular weight is 454 g/mol. The van der Waals surface area contributed by atoms with E-state index in [1.54, 1.807) is 10.6 Å². The van der Waals surface area contributed by atoms with Crippen LogP contribution in [0.4, 0.5) is 0 Å². The number of nitrogens with zero attached hydrogens (tertiary/aromatic N) is 3. The Balaban J connectivity index is 0.000000468. The van der Waals surface area contributed by atoms with Crippen molar-refractivity contribution in [2.45, 2.75) is 72.6 Å². The molecule has 3 aromatic rings. The third-order valence-electron chi connectivity index (χ3n) is 5.11. The molecule has 0 amide bonds. The highest BCUT2D eigenvalue weighted by molar-refractivity contribution is 5.76. The number of carboxylic acids is 1. The lowest BCUT2D eigenvalue weighted by Gasteiger charge is -2.21. The van der Waals surface area contributed by atoms with Crippen LogP contribution in [0.3, 0.4) is 0 Å². The molecule has 0 aliphatic carbocycles. The average Bonchev–Trinajstić information content (AvgIpc) is 3.08. The van der Waals surface area contributed by atoms with E-state index in [1.807, 2.05) is 50.2 Å². The van der Waals surface area contributed by atoms with Crippen molar-refractivity contribution in [2.24, 2.45) is 0 Å². The SMILES string of the molecule is CCCn1c(CCc2cccc(OC(C)(C)C(=O)O)c2)nn(CC)c1=O.Cc1ccccc1. The fourth-order valence-corrected chi connectivity index (χ4v) is 3.22. The molecule has 1 aromatic heterocycles. The zero-order valence-corrected chi connectivity index (χ0v) is 20.2. The molecule has 33 heavy (non-hydrogen) atoms. The van der Waals surface area contributed by atoms with Gasteiger partial charge in [-0.3, -0.25) is 4.57 Å². The van der Waals surface area contributed by atoms with Crippen molar-refractivity contribution < 1.29 is 14.6 Å². The van der Waals surface area contributed by atoms with Crippen LogP contribution in [0.1, 0.15) is 51.1 Å². The molecule has 0 bridgehead atoms. The molecule has 0 aliphatic rings. The van der Waals surface area contributed by atoms with Gasteiger partial charge < -0.3 is 9.84 Å². The lowest BCUT2D eigenvalue weighted by Crippen LogP contribution is -2.37. The zero-order chi connectivity index (χ0) is 24.4. The van der Waals surface area contributed by atoms with E-state index in [1.165, 1.54) is 24.1 Å². The van der Waals surface area contributed by atoms with Crippen LogP contribution in [-0.2, 0) is 30.7 Å². The molecule has 0 aliphatic heterocycles. The minimum Gasteiger partial charge on any atom is -0.478 e. The summed E-state index contributed by atoms with van der Waals surface area (Å²) in [5, 5.41) is 13.6. The van der Waals surface area contributed by atoms with Crippen LogP contribution in [0, 0.1) is 6.92 Å². The van der Waals surface area contributed by atoms with Gasteiger partial charge in [0.05, 0.1) is 0 Å². The van der Waals surface area contributed by atoms with Crippen LogP contribution in [-0.4, -0.2) is 31.0 Å². The van der Waals surface area contributed by atoms with Crippen molar-refractivity contribution in [3.63, 3.8) is 0 Å². The van der Waals surface area contributed by atoms with Crippen LogP contribution in [0.5, 0.6) is 5.75 Å². The number of carbonyl (C=O) groups is 1. The van der Waals surface area contributed by atoms with Gasteiger partial charge in [-0.05, 0) is 58.2 Å². The Bertz CT molecular complexity index is 1080. The van der Waals surface area contributed by atoms with Gasteiger partial charge in [-0.15, -0.1) is 0 Å². The molecule has 0 unspecified atom stereocenters. The lowest BCUT2D eigenvalue weighted by atomic mass is 10.1. The summed E-state index contributed by atoms with van der Waals surface area (Å²) in [7, 11) is 0. The number of aliphatic carboxylic acids is 1. The van der Waals surface area contributed by atoms with Crippen molar-refractivity contribution in [1.29, 1.82) is 0 Å². The van der Waals surface area contributed by atoms with E-state index in [4.69, 9.17) is 4.74 Å². The maximum Gasteiger partial charge on any atom is 0.347 e. The fraction of sp³-hybridized carbons (Fsp3) is 0.423. The second-order valence-electron chi connectivity index (χ2n) is 8.39. The molecule has 3 rings (SSSR count). The first-order chi connectivity index (χ1) is 15.7. The molecule has 7 heteroatoms. The number of aromatic nitrogens is 3. The van der Waals surface area contributed by atoms with Crippen LogP contribution < -0.4 is 10.4 Å². The first-order valence-electron chi connectivity index (χ1n) is 11.4. The second kappa shape index (κ2) is 12.0. The topological polar surface area (TPSA) is 86.3 Å². The molecule has 0 saturated carbocycles. The normalized spacial score (nSPS) is 10.9. The predicted octanol–water partition coefficient (Wildman–Crippen LogP) is 4.50. The molecule has 1 N–H and O–H groups in total. The Hall–Kier alpha value is -3.35. The maximum absolute atomic E-state index is 12.3. The van der Waals surface area contributed by atoms with E-state index in [-0.39, 0.29) is 5.69 Å². The van der Waals surface area contributed by atoms with Gasteiger partial charge in [0.2, 0.25) is 0 Å². The third-order valence-corrected chi connectivity index (χ3v) is 5.11. The quantitative estimate of drug-likeness (QED) is 0.516. The molecule has 0 radical (unpaired) electrons. The smallest absolute Gasteiger partial charge is 0.347 e. The van der Waals surface area contributed by atoms with E-state index in [0.717, 1.165) is 17.8 Å². The van der Waals surface area contributed by atoms with E-state index in [0.29, 0.717) is 31.7 Å². The standard InChI is InChI=1S/C19H27N3O4.C7H8/c1-5-12-21-16(20-22(6-2)18(21)25)11-10-14-8-7-9-15(13-14)26-19(3,4)17(23)24;1-7-5-3-2-4-6-7/h7-9,13H,5-6,10-12H2,1-4H3,(H,23,24);2-6H,1H3. The molecule has 2 aromatic carbocycles. The van der Waals surface area contributed by atoms with E-state index < -0.39 is 11.6 Å². The van der Waals surface area contributed by atoms with Crippen LogP contribution in [0.25, 0.3) is 0 Å². The minimum absolute atomic E-state index is 0.0651. The van der Waals surface area contributed by atoms with Crippen molar-refractivity contribution in [1.82, 2.24) is 14.3 Å². The summed E-state index contributed by atoms with van der Waals surface area (Å²) in [6.45, 7) is 10.3. The number of rotatable bonds is 9. The number of hydrogen-bond acceptors (Lipinski definition) is 4. The minimum atomic E-state index is -1.29. The highest BCUT2D eigenvalue weighted by Gasteiger charge is 2.29. The largest absolute Gasteiger partial charge is 0.478 e. The Kier molecular flexibility index (Phi) is 9.45. The fourth-order valence-electron chi connectivity index (χ4n) is 3.22. The molecule has 0 spiro atoms. The van der Waals surface area contributed by atoms with Gasteiger partial charge in [-0.25, -0.2) is 14.3 Å². The maximum atomic E-state index is 12.3. The molecule has 0 fully saturated rings. The number of benzene rings is 2. The van der Waals surface area contributed by atoms with Gasteiger partial charge in [0.25, 0.3) is 0 Å². The molecule has 1 heterocycles. The summed E-state index contributed by atoms with van der Waals surface area (Å²) in [5.41, 5.74) is 0.970. The monoisotopic (exact) mass is 453 g/mol. The molecule has 178 valence electrons. The molecule has 7 nitrogen and oxygen atoms in total. The molecule has 0 saturated heterocycles. The Morgan fingerprint density at radius 2 is 1.76 bits per heavy atom. The summed E-state index contributed by atoms with van der Waals surface area (Å²) in [6, 6.07) is 17.6. The number of hydrogen-bond donors (Lipinski definition) is 1. The van der Waals surface area contributed by atoms with Crippen molar-refractivity contribution in [3.8, 4) is 5.75 Å². The van der Waals surface area contributed by atoms with Crippen LogP contribution >= 0.6 is 0 Å². The number of ether oxygens (including phenoxy) is 1. The summed E-state index contributed by atoms with van der Waals surface area (Å²) in [6.07, 6.45) is 2.19. The van der Waals surface area contributed by atoms with Gasteiger partial charge in [-0.2, -0.15) is 5.10 Å². The van der Waals surface area contributed by atoms with E-state index in [9.17, 15) is 14.7 Å². The third kappa shape index (κ3) is 7.63. The van der Waals surface area contributed by atoms with Crippen LogP contribution in [0.15, 0.2) is 59.4 Å². The van der Waals surface area contributed by atoms with Crippen molar-refractivity contribution in [2.75, 3.05) is 0 Å². The zero-order valence-electron chi connectivity index (χ0n) is 20.2. The summed E-state index contributed by atoms with van der Waals surface area (Å²) in [4.78, 5) is 23.5. The van der Waals surface area contributed by atoms with E-state index in [2.05, 4.69) is 24.2 Å². The second-order valence-corrected chi connectivity index (χ2v) is 8.39. The number of aryl methyl sites for hydroxylation is 4. The lowest BCUT2D eigenvalue weighted by molar-refractivity contribution is -0.152. The Labute approximate surface area is 195 Å². The summed E-state index contributed by atoms with van der Waals surface area (Å²) >= 11 is 0. The predicted molar refractivity (Wildman–Crippen MR) is 130 cm³/mol. The molecular weight excluding hydrogens is 418 g/mol. The highest BCUT2D eigenvalue weighted by Crippen LogP contribution is 2.20. The molecule has 0 atom stereocenters. The van der Waals surface area contributed by atoms with Gasteiger partial charge >= 0.3 is 11.7 Å². The number of carboxylic acid groups (broad SMARTS) is 1. The molecular formula is C26H35N3O4. The first-order valence-corrected chi connectivity index (χ1v) is 11.4. The highest BCUT2D eigenvalue weighted by atomic mass is 16.5. The summed E-state index contributed by atoms with van der Waals surface area (Å²) < 4.78 is 8.80. The van der Waals surface area contributed by atoms with Gasteiger partial charge in [0.15, 0.2) is 5.60 Å². The van der Waals surface area contributed by atoms with Gasteiger partial charge in [0.1, 0.15) is 11.6 Å². The van der Waals surface area contributed by atoms with Crippen molar-refractivity contribution >= 4 is 5.97 Å². The van der Waals surface area contributed by atoms with Crippen molar-refractivity contribution in [3.05, 3.63) is 82.0 Å². The summed E-state index contributed by atoms with van der Waals surface area (Å²) in [5.74, 6) is 0.271. The van der Waals surface area contributed by atoms with Gasteiger partial charge in [0, 0.05) is 19.5 Å². The van der Waals surface area contributed by atoms with E-state index >= 15 is 0 Å². The Morgan fingerprint density at radius 3 is 2.30 bits per heavy atom. The van der Waals surface area contributed by atoms with Crippen LogP contribution in [0.2, 0.25) is 0 Å². The first kappa shape index (κ1) is 25.9. The van der Waals surface area contributed by atoms with Gasteiger partial charge in [-0.1, -0.05) is 55.0 Å².